The number of carbonyl (C=O) groups excluding carboxylic acids is 3. The average Bonchev–Trinajstić information content (AvgIpc) is 3.05. The van der Waals surface area contributed by atoms with Gasteiger partial charge in [-0.1, -0.05) is 42.5 Å². The van der Waals surface area contributed by atoms with Gasteiger partial charge in [-0.3, -0.25) is 29.5 Å². The number of piperidine rings is 1. The van der Waals surface area contributed by atoms with Crippen LogP contribution < -0.4 is 5.32 Å². The molecule has 1 fully saturated rings. The van der Waals surface area contributed by atoms with Crippen molar-refractivity contribution in [3.8, 4) is 0 Å². The minimum absolute atomic E-state index is 0.114. The van der Waals surface area contributed by atoms with Gasteiger partial charge in [-0.2, -0.15) is 0 Å². The number of esters is 2. The van der Waals surface area contributed by atoms with Crippen LogP contribution in [0.3, 0.4) is 0 Å². The molecule has 1 amide bonds. The smallest absolute Gasteiger partial charge is 0.316 e. The summed E-state index contributed by atoms with van der Waals surface area (Å²) < 4.78 is 10.4. The number of aliphatic hydroxyl groups excluding tert-OH is 1. The number of aliphatic hydroxyl groups is 1. The second-order valence-electron chi connectivity index (χ2n) is 11.3. The number of nitro benzene ring substituents is 1. The number of hydrogen-bond acceptors (Lipinski definition) is 10. The molecule has 2 aliphatic heterocycles. The normalized spacial score (nSPS) is 19.8. The van der Waals surface area contributed by atoms with Crippen molar-refractivity contribution >= 4 is 29.2 Å². The van der Waals surface area contributed by atoms with E-state index in [1.54, 1.807) is 13.8 Å². The molecule has 0 bridgehead atoms. The lowest BCUT2D eigenvalue weighted by Gasteiger charge is -2.40. The van der Waals surface area contributed by atoms with E-state index >= 15 is 0 Å². The van der Waals surface area contributed by atoms with Crippen molar-refractivity contribution in [1.82, 2.24) is 10.2 Å². The molecule has 12 heteroatoms. The third-order valence-corrected chi connectivity index (χ3v) is 8.67. The Morgan fingerprint density at radius 1 is 1.09 bits per heavy atom. The Kier molecular flexibility index (Phi) is 11.2. The molecular formula is C33H40N4O8. The van der Waals surface area contributed by atoms with E-state index in [0.29, 0.717) is 62.4 Å². The molecule has 0 radical (unpaired) electrons. The van der Waals surface area contributed by atoms with Crippen LogP contribution in [0.1, 0.15) is 50.2 Å². The number of amides is 1. The van der Waals surface area contributed by atoms with Gasteiger partial charge in [0.15, 0.2) is 0 Å². The van der Waals surface area contributed by atoms with Crippen LogP contribution in [0.25, 0.3) is 0 Å². The van der Waals surface area contributed by atoms with E-state index < -0.39 is 28.1 Å². The summed E-state index contributed by atoms with van der Waals surface area (Å²) >= 11 is 0. The third kappa shape index (κ3) is 7.46. The number of hydrogen-bond donors (Lipinski definition) is 2. The van der Waals surface area contributed by atoms with Crippen molar-refractivity contribution in [3.05, 3.63) is 87.1 Å². The van der Waals surface area contributed by atoms with Gasteiger partial charge >= 0.3 is 11.9 Å². The van der Waals surface area contributed by atoms with E-state index in [9.17, 15) is 29.6 Å². The predicted molar refractivity (Wildman–Crippen MR) is 167 cm³/mol. The van der Waals surface area contributed by atoms with Crippen molar-refractivity contribution < 1.29 is 33.9 Å². The Morgan fingerprint density at radius 2 is 1.76 bits per heavy atom. The summed E-state index contributed by atoms with van der Waals surface area (Å²) in [4.78, 5) is 57.1. The number of methoxy groups -OCH3 is 1. The van der Waals surface area contributed by atoms with E-state index in [0.717, 1.165) is 5.56 Å². The average molecular weight is 621 g/mol. The summed E-state index contributed by atoms with van der Waals surface area (Å²) in [6, 6.07) is 15.5. The molecule has 4 rings (SSSR count). The summed E-state index contributed by atoms with van der Waals surface area (Å²) in [6.07, 6.45) is 1.91. The van der Waals surface area contributed by atoms with Crippen LogP contribution in [0.5, 0.6) is 0 Å². The molecule has 2 aromatic rings. The third-order valence-electron chi connectivity index (χ3n) is 8.67. The van der Waals surface area contributed by atoms with Crippen LogP contribution in [0.4, 0.5) is 5.69 Å². The topological polar surface area (TPSA) is 161 Å². The van der Waals surface area contributed by atoms with Crippen molar-refractivity contribution in [2.24, 2.45) is 10.9 Å². The first-order valence-electron chi connectivity index (χ1n) is 15.0. The number of non-ortho nitro benzene ring substituents is 1. The fraction of sp³-hybridized carbons (Fsp3) is 0.455. The van der Waals surface area contributed by atoms with Gasteiger partial charge in [0.2, 0.25) is 5.91 Å². The van der Waals surface area contributed by atoms with Gasteiger partial charge in [0, 0.05) is 41.6 Å². The maximum atomic E-state index is 13.7. The molecule has 0 aliphatic carbocycles. The molecule has 2 N–H and O–H groups in total. The molecule has 0 spiro atoms. The van der Waals surface area contributed by atoms with Gasteiger partial charge in [-0.25, -0.2) is 0 Å². The highest BCUT2D eigenvalue weighted by Gasteiger charge is 2.44. The Balaban J connectivity index is 1.43. The van der Waals surface area contributed by atoms with Crippen LogP contribution in [-0.2, 0) is 29.3 Å². The van der Waals surface area contributed by atoms with Crippen LogP contribution in [-0.4, -0.2) is 85.0 Å². The van der Waals surface area contributed by atoms with Crippen molar-refractivity contribution in [1.29, 1.82) is 0 Å². The van der Waals surface area contributed by atoms with Gasteiger partial charge in [0.25, 0.3) is 5.69 Å². The first-order valence-corrected chi connectivity index (χ1v) is 15.0. The summed E-state index contributed by atoms with van der Waals surface area (Å²) in [5.74, 6) is -3.00. The standard InChI is InChI=1S/C33H40N4O8/c1-22-27(29(24-10-12-26(13-11-24)37(42)43)28(23(2)35-22)31(40)45-21-20-38)30(39)34-16-7-17-36-18-14-33(15-19-36,32(41)44-3)25-8-5-4-6-9-25/h4-6,8-13,28-29,38H,7,14-21H2,1-3H3,(H,34,39). The predicted octanol–water partition coefficient (Wildman–Crippen LogP) is 3.29. The van der Waals surface area contributed by atoms with Gasteiger partial charge < -0.3 is 24.8 Å². The molecule has 12 nitrogen and oxygen atoms in total. The lowest BCUT2D eigenvalue weighted by molar-refractivity contribution is -0.384. The second kappa shape index (κ2) is 15.0. The van der Waals surface area contributed by atoms with Gasteiger partial charge in [-0.05, 0) is 63.9 Å². The zero-order valence-electron chi connectivity index (χ0n) is 25.9. The van der Waals surface area contributed by atoms with E-state index in [-0.39, 0.29) is 36.4 Å². The maximum absolute atomic E-state index is 13.7. The summed E-state index contributed by atoms with van der Waals surface area (Å²) in [5, 5.41) is 23.4. The summed E-state index contributed by atoms with van der Waals surface area (Å²) in [5.41, 5.74) is 1.87. The van der Waals surface area contributed by atoms with Crippen LogP contribution in [0.15, 0.2) is 70.9 Å². The summed E-state index contributed by atoms with van der Waals surface area (Å²) in [6.45, 7) is 5.29. The number of nitro groups is 1. The van der Waals surface area contributed by atoms with Gasteiger partial charge in [-0.15, -0.1) is 0 Å². The Hall–Kier alpha value is -4.42. The lowest BCUT2D eigenvalue weighted by atomic mass is 9.72. The van der Waals surface area contributed by atoms with Crippen molar-refractivity contribution in [2.45, 2.75) is 44.4 Å². The fourth-order valence-electron chi connectivity index (χ4n) is 6.36. The molecule has 0 aromatic heterocycles. The molecule has 0 saturated carbocycles. The van der Waals surface area contributed by atoms with E-state index in [2.05, 4.69) is 15.2 Å². The molecule has 2 aromatic carbocycles. The quantitative estimate of drug-likeness (QED) is 0.157. The molecule has 2 atom stereocenters. The van der Waals surface area contributed by atoms with Gasteiger partial charge in [0.1, 0.15) is 12.5 Å². The molecular weight excluding hydrogens is 580 g/mol. The first-order chi connectivity index (χ1) is 21.6. The Labute approximate surface area is 262 Å². The highest BCUT2D eigenvalue weighted by atomic mass is 16.6. The largest absolute Gasteiger partial charge is 0.468 e. The van der Waals surface area contributed by atoms with E-state index in [1.807, 2.05) is 30.3 Å². The number of carbonyl (C=O) groups is 3. The number of rotatable bonds is 12. The number of likely N-dealkylation sites (tertiary alicyclic amines) is 1. The second-order valence-corrected chi connectivity index (χ2v) is 11.3. The number of allylic oxidation sites excluding steroid dienone is 1. The van der Waals surface area contributed by atoms with E-state index in [4.69, 9.17) is 9.47 Å². The molecule has 2 unspecified atom stereocenters. The summed E-state index contributed by atoms with van der Waals surface area (Å²) in [7, 11) is 1.42. The van der Waals surface area contributed by atoms with Crippen LogP contribution in [0, 0.1) is 16.0 Å². The minimum atomic E-state index is -0.949. The zero-order chi connectivity index (χ0) is 32.6. The number of aliphatic imine (C=N–C) groups is 1. The molecule has 45 heavy (non-hydrogen) atoms. The highest BCUT2D eigenvalue weighted by molar-refractivity contribution is 6.08. The number of nitrogens with one attached hydrogen (secondary N) is 1. The van der Waals surface area contributed by atoms with Crippen LogP contribution >= 0.6 is 0 Å². The van der Waals surface area contributed by atoms with Crippen molar-refractivity contribution in [3.63, 3.8) is 0 Å². The van der Waals surface area contributed by atoms with Crippen LogP contribution in [0.2, 0.25) is 0 Å². The minimum Gasteiger partial charge on any atom is -0.468 e. The number of nitrogens with zero attached hydrogens (tertiary/aromatic N) is 3. The SMILES string of the molecule is COC(=O)C1(c2ccccc2)CCN(CCCNC(=O)C2=C(C)N=C(C)C(C(=O)OCCO)C2c2ccc([N+](=O)[O-])cc2)CC1. The monoisotopic (exact) mass is 620 g/mol. The van der Waals surface area contributed by atoms with E-state index in [1.165, 1.54) is 31.4 Å². The molecule has 2 heterocycles. The lowest BCUT2D eigenvalue weighted by Crippen LogP contribution is -2.48. The molecule has 2 aliphatic rings. The fourth-order valence-corrected chi connectivity index (χ4v) is 6.36. The maximum Gasteiger partial charge on any atom is 0.316 e. The van der Waals surface area contributed by atoms with Gasteiger partial charge in [0.05, 0.1) is 24.1 Å². The Bertz CT molecular complexity index is 1450. The number of benzene rings is 2. The van der Waals surface area contributed by atoms with Crippen molar-refractivity contribution in [2.75, 3.05) is 46.5 Å². The Morgan fingerprint density at radius 3 is 2.36 bits per heavy atom. The zero-order valence-corrected chi connectivity index (χ0v) is 25.9. The molecule has 240 valence electrons. The highest BCUT2D eigenvalue weighted by Crippen LogP contribution is 2.40. The number of ether oxygens (including phenoxy) is 2. The molecule has 1 saturated heterocycles. The first kappa shape index (κ1) is 33.5.